The van der Waals surface area contributed by atoms with Crippen molar-refractivity contribution < 1.29 is 23.5 Å². The zero-order chi connectivity index (χ0) is 22.3. The van der Waals surface area contributed by atoms with Gasteiger partial charge >= 0.3 is 5.97 Å². The van der Waals surface area contributed by atoms with Crippen molar-refractivity contribution in [3.63, 3.8) is 0 Å². The first-order valence-corrected chi connectivity index (χ1v) is 10.8. The minimum absolute atomic E-state index is 0.192. The molecule has 168 valence electrons. The van der Waals surface area contributed by atoms with Gasteiger partial charge < -0.3 is 23.7 Å². The molecule has 0 saturated carbocycles. The van der Waals surface area contributed by atoms with Crippen LogP contribution < -0.4 is 4.74 Å². The van der Waals surface area contributed by atoms with Crippen molar-refractivity contribution in [2.24, 2.45) is 5.41 Å². The number of likely N-dealkylation sites (tertiary alicyclic amines) is 1. The van der Waals surface area contributed by atoms with Crippen LogP contribution in [0.1, 0.15) is 42.5 Å². The monoisotopic (exact) mass is 428 g/mol. The van der Waals surface area contributed by atoms with Gasteiger partial charge in [-0.2, -0.15) is 0 Å². The molecule has 0 N–H and O–H groups in total. The molecule has 1 aliphatic rings. The van der Waals surface area contributed by atoms with Gasteiger partial charge in [-0.1, -0.05) is 18.2 Å². The van der Waals surface area contributed by atoms with Crippen LogP contribution in [-0.4, -0.2) is 62.1 Å². The summed E-state index contributed by atoms with van der Waals surface area (Å²) >= 11 is 0. The fourth-order valence-corrected chi connectivity index (χ4v) is 3.99. The summed E-state index contributed by atoms with van der Waals surface area (Å²) in [6.45, 7) is 3.98. The van der Waals surface area contributed by atoms with Crippen molar-refractivity contribution in [2.75, 3.05) is 40.4 Å². The first-order chi connectivity index (χ1) is 14.9. The topological polar surface area (TPSA) is 72.2 Å². The Morgan fingerprint density at radius 3 is 2.65 bits per heavy atom. The van der Waals surface area contributed by atoms with E-state index in [1.54, 1.807) is 17.9 Å². The molecular formula is C24H32N2O5. The summed E-state index contributed by atoms with van der Waals surface area (Å²) in [5.41, 5.74) is -0.780. The van der Waals surface area contributed by atoms with Crippen molar-refractivity contribution >= 4 is 11.9 Å². The summed E-state index contributed by atoms with van der Waals surface area (Å²) in [6.07, 6.45) is 1.87. The molecule has 0 unspecified atom stereocenters. The van der Waals surface area contributed by atoms with E-state index in [0.717, 1.165) is 17.9 Å². The van der Waals surface area contributed by atoms with Gasteiger partial charge in [-0.15, -0.1) is 0 Å². The first kappa shape index (κ1) is 22.9. The fraction of sp³-hybridized carbons (Fsp3) is 0.500. The Balaban J connectivity index is 1.71. The molecule has 7 nitrogen and oxygen atoms in total. The molecule has 3 rings (SSSR count). The number of ether oxygens (including phenoxy) is 2. The molecular weight excluding hydrogens is 396 g/mol. The highest BCUT2D eigenvalue weighted by atomic mass is 16.5. The molecule has 1 fully saturated rings. The lowest BCUT2D eigenvalue weighted by atomic mass is 9.77. The number of amides is 1. The molecule has 1 aromatic heterocycles. The maximum atomic E-state index is 13.1. The lowest BCUT2D eigenvalue weighted by Gasteiger charge is -2.40. The van der Waals surface area contributed by atoms with Gasteiger partial charge in [-0.05, 0) is 64.5 Å². The van der Waals surface area contributed by atoms with Crippen LogP contribution in [0.2, 0.25) is 0 Å². The largest absolute Gasteiger partial charge is 0.494 e. The normalized spacial score (nSPS) is 18.8. The number of furan rings is 1. The number of esters is 1. The zero-order valence-electron chi connectivity index (χ0n) is 18.6. The van der Waals surface area contributed by atoms with E-state index in [2.05, 4.69) is 0 Å². The molecule has 0 bridgehead atoms. The first-order valence-electron chi connectivity index (χ1n) is 10.8. The van der Waals surface area contributed by atoms with Gasteiger partial charge in [0.25, 0.3) is 5.91 Å². The van der Waals surface area contributed by atoms with E-state index in [0.29, 0.717) is 51.4 Å². The molecule has 1 aliphatic heterocycles. The molecule has 1 aromatic carbocycles. The number of hydrogen-bond donors (Lipinski definition) is 0. The summed E-state index contributed by atoms with van der Waals surface area (Å²) < 4.78 is 17.0. The van der Waals surface area contributed by atoms with Gasteiger partial charge in [-0.3, -0.25) is 9.59 Å². The number of carbonyl (C=O) groups is 2. The van der Waals surface area contributed by atoms with Crippen LogP contribution >= 0.6 is 0 Å². The molecule has 31 heavy (non-hydrogen) atoms. The Labute approximate surface area is 183 Å². The lowest BCUT2D eigenvalue weighted by molar-refractivity contribution is -0.159. The van der Waals surface area contributed by atoms with Gasteiger partial charge in [0.15, 0.2) is 5.76 Å². The van der Waals surface area contributed by atoms with Crippen LogP contribution in [-0.2, 0) is 16.1 Å². The third kappa shape index (κ3) is 5.88. The lowest BCUT2D eigenvalue weighted by Crippen LogP contribution is -2.51. The van der Waals surface area contributed by atoms with Gasteiger partial charge in [-0.25, -0.2) is 0 Å². The Morgan fingerprint density at radius 2 is 1.94 bits per heavy atom. The highest BCUT2D eigenvalue weighted by Crippen LogP contribution is 2.36. The molecule has 0 aliphatic carbocycles. The van der Waals surface area contributed by atoms with Crippen LogP contribution in [0.15, 0.2) is 46.9 Å². The molecule has 2 aromatic rings. The van der Waals surface area contributed by atoms with Crippen LogP contribution in [0.3, 0.4) is 0 Å². The number of hydrogen-bond acceptors (Lipinski definition) is 6. The van der Waals surface area contributed by atoms with E-state index >= 15 is 0 Å². The van der Waals surface area contributed by atoms with E-state index in [1.807, 2.05) is 55.4 Å². The standard InChI is InChI=1S/C24H32N2O5/c1-4-29-23(28)24(14-16-30-19-9-6-5-7-10-19)13-8-15-26(18-24)22(27)21-12-11-20(31-21)17-25(2)3/h5-7,9-12H,4,8,13-18H2,1-3H3/t24-/m0/s1. The molecule has 0 spiro atoms. The van der Waals surface area contributed by atoms with Crippen molar-refractivity contribution in [3.05, 3.63) is 54.0 Å². The summed E-state index contributed by atoms with van der Waals surface area (Å²) in [5, 5.41) is 0. The summed E-state index contributed by atoms with van der Waals surface area (Å²) in [5.74, 6) is 1.34. The Kier molecular flexibility index (Phi) is 7.74. The predicted molar refractivity (Wildman–Crippen MR) is 117 cm³/mol. The molecule has 2 heterocycles. The number of rotatable bonds is 9. The average molecular weight is 429 g/mol. The SMILES string of the molecule is CCOC(=O)[C@]1(CCOc2ccccc2)CCCN(C(=O)c2ccc(CN(C)C)o2)C1. The molecule has 1 amide bonds. The Bertz CT molecular complexity index is 864. The Hall–Kier alpha value is -2.80. The van der Waals surface area contributed by atoms with Crippen molar-refractivity contribution in [1.82, 2.24) is 9.80 Å². The van der Waals surface area contributed by atoms with Gasteiger partial charge in [0, 0.05) is 13.1 Å². The number of para-hydroxylation sites is 1. The highest BCUT2D eigenvalue weighted by molar-refractivity contribution is 5.92. The highest BCUT2D eigenvalue weighted by Gasteiger charge is 2.45. The molecule has 0 radical (unpaired) electrons. The van der Waals surface area contributed by atoms with Gasteiger partial charge in [0.2, 0.25) is 0 Å². The third-order valence-corrected chi connectivity index (χ3v) is 5.51. The smallest absolute Gasteiger partial charge is 0.314 e. The number of carbonyl (C=O) groups excluding carboxylic acids is 2. The maximum Gasteiger partial charge on any atom is 0.314 e. The van der Waals surface area contributed by atoms with E-state index in [-0.39, 0.29) is 11.9 Å². The molecule has 1 atom stereocenters. The average Bonchev–Trinajstić information content (AvgIpc) is 3.22. The van der Waals surface area contributed by atoms with Crippen LogP contribution in [0, 0.1) is 5.41 Å². The van der Waals surface area contributed by atoms with E-state index < -0.39 is 5.41 Å². The third-order valence-electron chi connectivity index (χ3n) is 5.51. The minimum atomic E-state index is -0.780. The number of benzene rings is 1. The predicted octanol–water partition coefficient (Wildman–Crippen LogP) is 3.60. The molecule has 1 saturated heterocycles. The van der Waals surface area contributed by atoms with E-state index in [4.69, 9.17) is 13.9 Å². The molecule has 7 heteroatoms. The maximum absolute atomic E-state index is 13.1. The van der Waals surface area contributed by atoms with Gasteiger partial charge in [0.05, 0.1) is 25.2 Å². The van der Waals surface area contributed by atoms with Gasteiger partial charge in [0.1, 0.15) is 11.5 Å². The number of nitrogens with zero attached hydrogens (tertiary/aromatic N) is 2. The summed E-state index contributed by atoms with van der Waals surface area (Å²) in [4.78, 5) is 29.7. The minimum Gasteiger partial charge on any atom is -0.494 e. The summed E-state index contributed by atoms with van der Waals surface area (Å²) in [6, 6.07) is 13.0. The van der Waals surface area contributed by atoms with Crippen LogP contribution in [0.5, 0.6) is 5.75 Å². The Morgan fingerprint density at radius 1 is 1.16 bits per heavy atom. The quantitative estimate of drug-likeness (QED) is 0.569. The second-order valence-electron chi connectivity index (χ2n) is 8.25. The van der Waals surface area contributed by atoms with Crippen LogP contribution in [0.4, 0.5) is 0 Å². The van der Waals surface area contributed by atoms with E-state index in [9.17, 15) is 9.59 Å². The second kappa shape index (κ2) is 10.5. The fourth-order valence-electron chi connectivity index (χ4n) is 3.99. The summed E-state index contributed by atoms with van der Waals surface area (Å²) in [7, 11) is 3.89. The van der Waals surface area contributed by atoms with Crippen molar-refractivity contribution in [3.8, 4) is 5.75 Å². The number of piperidine rings is 1. The second-order valence-corrected chi connectivity index (χ2v) is 8.25. The van der Waals surface area contributed by atoms with E-state index in [1.165, 1.54) is 0 Å². The van der Waals surface area contributed by atoms with Crippen molar-refractivity contribution in [1.29, 1.82) is 0 Å². The zero-order valence-corrected chi connectivity index (χ0v) is 18.6. The van der Waals surface area contributed by atoms with Crippen molar-refractivity contribution in [2.45, 2.75) is 32.7 Å². The van der Waals surface area contributed by atoms with Crippen LogP contribution in [0.25, 0.3) is 0 Å².